The number of benzene rings is 2. The van der Waals surface area contributed by atoms with E-state index in [9.17, 15) is 9.18 Å². The van der Waals surface area contributed by atoms with E-state index in [4.69, 9.17) is 0 Å². The first-order chi connectivity index (χ1) is 11.5. The van der Waals surface area contributed by atoms with Gasteiger partial charge in [0.2, 0.25) is 5.91 Å². The van der Waals surface area contributed by atoms with Crippen LogP contribution in [-0.2, 0) is 17.9 Å². The van der Waals surface area contributed by atoms with Crippen LogP contribution in [0.2, 0.25) is 0 Å². The van der Waals surface area contributed by atoms with E-state index in [-0.39, 0.29) is 18.3 Å². The van der Waals surface area contributed by atoms with Crippen molar-refractivity contribution >= 4 is 22.5 Å². The van der Waals surface area contributed by atoms with Crippen LogP contribution in [0.4, 0.5) is 10.1 Å². The Morgan fingerprint density at radius 1 is 1.17 bits per heavy atom. The Morgan fingerprint density at radius 3 is 2.71 bits per heavy atom. The van der Waals surface area contributed by atoms with Crippen molar-refractivity contribution in [3.05, 3.63) is 66.1 Å². The zero-order valence-corrected chi connectivity index (χ0v) is 13.8. The van der Waals surface area contributed by atoms with E-state index in [1.54, 1.807) is 12.1 Å². The third kappa shape index (κ3) is 3.63. The molecule has 0 atom stereocenters. The van der Waals surface area contributed by atoms with Crippen molar-refractivity contribution in [2.75, 3.05) is 19.4 Å². The first kappa shape index (κ1) is 16.2. The number of nitrogens with zero attached hydrogens (tertiary/aromatic N) is 2. The summed E-state index contributed by atoms with van der Waals surface area (Å²) in [6, 6.07) is 14.6. The summed E-state index contributed by atoms with van der Waals surface area (Å²) in [5.74, 6) is -0.496. The van der Waals surface area contributed by atoms with Crippen molar-refractivity contribution in [3.8, 4) is 0 Å². The van der Waals surface area contributed by atoms with Crippen LogP contribution in [0.3, 0.4) is 0 Å². The highest BCUT2D eigenvalue weighted by atomic mass is 19.1. The predicted molar refractivity (Wildman–Crippen MR) is 94.4 cm³/mol. The SMILES string of the molecule is CN(C)Cc1ccc(NC(=O)Cn2ccc3ccccc32)cc1F. The zero-order valence-electron chi connectivity index (χ0n) is 13.8. The van der Waals surface area contributed by atoms with Crippen LogP contribution in [0.1, 0.15) is 5.56 Å². The fourth-order valence-corrected chi connectivity index (χ4v) is 2.73. The molecule has 1 aromatic heterocycles. The molecule has 5 heteroatoms. The number of aromatic nitrogens is 1. The van der Waals surface area contributed by atoms with Gasteiger partial charge in [-0.15, -0.1) is 0 Å². The Kier molecular flexibility index (Phi) is 4.62. The molecule has 3 rings (SSSR count). The van der Waals surface area contributed by atoms with Gasteiger partial charge in [-0.1, -0.05) is 24.3 Å². The number of carbonyl (C=O) groups excluding carboxylic acids is 1. The minimum atomic E-state index is -0.312. The van der Waals surface area contributed by atoms with Crippen molar-refractivity contribution in [2.24, 2.45) is 0 Å². The largest absolute Gasteiger partial charge is 0.338 e. The van der Waals surface area contributed by atoms with Gasteiger partial charge in [-0.2, -0.15) is 0 Å². The quantitative estimate of drug-likeness (QED) is 0.780. The highest BCUT2D eigenvalue weighted by molar-refractivity contribution is 5.92. The first-order valence-electron chi connectivity index (χ1n) is 7.80. The fourth-order valence-electron chi connectivity index (χ4n) is 2.73. The van der Waals surface area contributed by atoms with Gasteiger partial charge in [0.25, 0.3) is 0 Å². The summed E-state index contributed by atoms with van der Waals surface area (Å²) >= 11 is 0. The number of carbonyl (C=O) groups is 1. The van der Waals surface area contributed by atoms with Gasteiger partial charge in [0.1, 0.15) is 12.4 Å². The molecule has 1 amide bonds. The number of nitrogens with one attached hydrogen (secondary N) is 1. The van der Waals surface area contributed by atoms with E-state index in [1.807, 2.05) is 60.1 Å². The molecule has 1 heterocycles. The second-order valence-electron chi connectivity index (χ2n) is 6.09. The lowest BCUT2D eigenvalue weighted by Crippen LogP contribution is -2.18. The Morgan fingerprint density at radius 2 is 1.96 bits per heavy atom. The minimum absolute atomic E-state index is 0.184. The third-order valence-corrected chi connectivity index (χ3v) is 3.82. The Labute approximate surface area is 140 Å². The lowest BCUT2D eigenvalue weighted by atomic mass is 10.2. The van der Waals surface area contributed by atoms with Gasteiger partial charge in [0, 0.05) is 29.5 Å². The monoisotopic (exact) mass is 325 g/mol. The molecule has 124 valence electrons. The molecule has 0 fully saturated rings. The van der Waals surface area contributed by atoms with Crippen LogP contribution in [0, 0.1) is 5.82 Å². The third-order valence-electron chi connectivity index (χ3n) is 3.82. The van der Waals surface area contributed by atoms with Crippen LogP contribution >= 0.6 is 0 Å². The van der Waals surface area contributed by atoms with Crippen LogP contribution in [-0.4, -0.2) is 29.5 Å². The average Bonchev–Trinajstić information content (AvgIpc) is 2.93. The lowest BCUT2D eigenvalue weighted by molar-refractivity contribution is -0.116. The number of amides is 1. The molecule has 0 radical (unpaired) electrons. The maximum absolute atomic E-state index is 14.1. The first-order valence-corrected chi connectivity index (χ1v) is 7.80. The van der Waals surface area contributed by atoms with E-state index in [0.29, 0.717) is 17.8 Å². The standard InChI is InChI=1S/C19H20FN3O/c1-22(2)12-15-7-8-16(11-17(15)20)21-19(24)13-23-10-9-14-5-3-4-6-18(14)23/h3-11H,12-13H2,1-2H3,(H,21,24). The molecule has 0 bridgehead atoms. The van der Waals surface area contributed by atoms with Gasteiger partial charge >= 0.3 is 0 Å². The number of hydrogen-bond acceptors (Lipinski definition) is 2. The molecule has 0 saturated heterocycles. The summed E-state index contributed by atoms with van der Waals surface area (Å²) in [5, 5.41) is 3.84. The minimum Gasteiger partial charge on any atom is -0.338 e. The average molecular weight is 325 g/mol. The maximum atomic E-state index is 14.1. The molecule has 0 spiro atoms. The smallest absolute Gasteiger partial charge is 0.244 e. The number of halogens is 1. The highest BCUT2D eigenvalue weighted by Gasteiger charge is 2.09. The molecule has 1 N–H and O–H groups in total. The predicted octanol–water partition coefficient (Wildman–Crippen LogP) is 3.48. The van der Waals surface area contributed by atoms with Gasteiger partial charge in [-0.3, -0.25) is 4.79 Å². The van der Waals surface area contributed by atoms with E-state index < -0.39 is 0 Å². The molecule has 0 unspecified atom stereocenters. The van der Waals surface area contributed by atoms with Gasteiger partial charge in [-0.25, -0.2) is 4.39 Å². The molecular formula is C19H20FN3O. The summed E-state index contributed by atoms with van der Waals surface area (Å²) in [6.45, 7) is 0.712. The second kappa shape index (κ2) is 6.84. The molecular weight excluding hydrogens is 305 g/mol. The van der Waals surface area contributed by atoms with Crippen molar-refractivity contribution in [2.45, 2.75) is 13.1 Å². The van der Waals surface area contributed by atoms with Crippen molar-refractivity contribution in [1.82, 2.24) is 9.47 Å². The van der Waals surface area contributed by atoms with E-state index in [2.05, 4.69) is 5.32 Å². The number of fused-ring (bicyclic) bond motifs is 1. The molecule has 0 aliphatic rings. The van der Waals surface area contributed by atoms with Gasteiger partial charge < -0.3 is 14.8 Å². The second-order valence-corrected chi connectivity index (χ2v) is 6.09. The van der Waals surface area contributed by atoms with Crippen LogP contribution < -0.4 is 5.32 Å². The molecule has 3 aromatic rings. The Bertz CT molecular complexity index is 870. The van der Waals surface area contributed by atoms with Gasteiger partial charge in [0.05, 0.1) is 0 Å². The fraction of sp³-hybridized carbons (Fsp3) is 0.211. The van der Waals surface area contributed by atoms with Crippen molar-refractivity contribution < 1.29 is 9.18 Å². The molecule has 2 aromatic carbocycles. The highest BCUT2D eigenvalue weighted by Crippen LogP contribution is 2.17. The van der Waals surface area contributed by atoms with Crippen molar-refractivity contribution in [3.63, 3.8) is 0 Å². The molecule has 4 nitrogen and oxygen atoms in total. The number of para-hydroxylation sites is 1. The molecule has 24 heavy (non-hydrogen) atoms. The zero-order chi connectivity index (χ0) is 17.1. The summed E-state index contributed by atoms with van der Waals surface area (Å²) in [5.41, 5.74) is 2.08. The van der Waals surface area contributed by atoms with Crippen molar-refractivity contribution in [1.29, 1.82) is 0 Å². The summed E-state index contributed by atoms with van der Waals surface area (Å²) in [7, 11) is 3.77. The topological polar surface area (TPSA) is 37.3 Å². The lowest BCUT2D eigenvalue weighted by Gasteiger charge is -2.12. The normalized spacial score (nSPS) is 11.2. The number of anilines is 1. The van der Waals surface area contributed by atoms with E-state index in [1.165, 1.54) is 6.07 Å². The maximum Gasteiger partial charge on any atom is 0.244 e. The summed E-state index contributed by atoms with van der Waals surface area (Å²) in [6.07, 6.45) is 1.88. The summed E-state index contributed by atoms with van der Waals surface area (Å²) < 4.78 is 15.9. The molecule has 0 saturated carbocycles. The van der Waals surface area contributed by atoms with E-state index in [0.717, 1.165) is 10.9 Å². The Hall–Kier alpha value is -2.66. The molecule has 0 aliphatic heterocycles. The number of rotatable bonds is 5. The summed E-state index contributed by atoms with van der Waals surface area (Å²) in [4.78, 5) is 14.1. The molecule has 0 aliphatic carbocycles. The Balaban J connectivity index is 1.70. The van der Waals surface area contributed by atoms with Gasteiger partial charge in [0.15, 0.2) is 0 Å². The number of hydrogen-bond donors (Lipinski definition) is 1. The van der Waals surface area contributed by atoms with E-state index >= 15 is 0 Å². The van der Waals surface area contributed by atoms with Crippen LogP contribution in [0.15, 0.2) is 54.7 Å². The van der Waals surface area contributed by atoms with Crippen LogP contribution in [0.5, 0.6) is 0 Å². The van der Waals surface area contributed by atoms with Crippen LogP contribution in [0.25, 0.3) is 10.9 Å². The van der Waals surface area contributed by atoms with Gasteiger partial charge in [-0.05, 0) is 43.7 Å².